The van der Waals surface area contributed by atoms with E-state index in [2.05, 4.69) is 44.3 Å². The van der Waals surface area contributed by atoms with Gasteiger partial charge in [-0.2, -0.15) is 0 Å². The van der Waals surface area contributed by atoms with Gasteiger partial charge in [-0.1, -0.05) is 0 Å². The van der Waals surface area contributed by atoms with E-state index in [0.29, 0.717) is 13.2 Å². The fourth-order valence-corrected chi connectivity index (χ4v) is 4.07. The van der Waals surface area contributed by atoms with E-state index >= 15 is 0 Å². The highest BCUT2D eigenvalue weighted by Crippen LogP contribution is 2.41. The van der Waals surface area contributed by atoms with Crippen LogP contribution in [0.25, 0.3) is 0 Å². The monoisotopic (exact) mass is 339 g/mol. The van der Waals surface area contributed by atoms with Crippen molar-refractivity contribution in [3.05, 3.63) is 51.6 Å². The van der Waals surface area contributed by atoms with Gasteiger partial charge in [0.05, 0.1) is 13.2 Å². The molecule has 2 aromatic rings. The Kier molecular flexibility index (Phi) is 4.08. The number of aryl methyl sites for hydroxylation is 1. The van der Waals surface area contributed by atoms with E-state index < -0.39 is 0 Å². The Morgan fingerprint density at radius 2 is 1.72 bits per heavy atom. The summed E-state index contributed by atoms with van der Waals surface area (Å²) in [6, 6.07) is 6.65. The van der Waals surface area contributed by atoms with Crippen molar-refractivity contribution in [1.82, 2.24) is 5.32 Å². The molecule has 0 aromatic heterocycles. The number of ether oxygens (including phenoxy) is 3. The van der Waals surface area contributed by atoms with Gasteiger partial charge in [0, 0.05) is 6.54 Å². The fraction of sp³-hybridized carbons (Fsp3) is 0.429. The Morgan fingerprint density at radius 3 is 2.44 bits per heavy atom. The summed E-state index contributed by atoms with van der Waals surface area (Å²) in [6.07, 6.45) is 1.01. The van der Waals surface area contributed by atoms with Crippen LogP contribution in [0.2, 0.25) is 0 Å². The van der Waals surface area contributed by atoms with Gasteiger partial charge in [-0.15, -0.1) is 0 Å². The SMILES string of the molecule is COc1cc(C)c(C2NCCc3cc4c(cc32)OCCO4)c(C)c1C. The summed E-state index contributed by atoms with van der Waals surface area (Å²) in [5.41, 5.74) is 7.73. The largest absolute Gasteiger partial charge is 0.496 e. The first-order valence-electron chi connectivity index (χ1n) is 8.90. The first kappa shape index (κ1) is 16.3. The van der Waals surface area contributed by atoms with Crippen LogP contribution in [0.1, 0.15) is 39.4 Å². The Bertz CT molecular complexity index is 829. The Morgan fingerprint density at radius 1 is 1.00 bits per heavy atom. The van der Waals surface area contributed by atoms with Gasteiger partial charge in [0.2, 0.25) is 0 Å². The van der Waals surface area contributed by atoms with Gasteiger partial charge >= 0.3 is 0 Å². The molecule has 132 valence electrons. The molecule has 2 aromatic carbocycles. The number of nitrogens with one attached hydrogen (secondary N) is 1. The number of hydrogen-bond acceptors (Lipinski definition) is 4. The standard InChI is InChI=1S/C21H25NO3/c1-12-9-17(23-4)13(2)14(3)20(12)21-16-11-19-18(24-7-8-25-19)10-15(16)5-6-22-21/h9-11,21-22H,5-8H2,1-4H3. The number of benzene rings is 2. The van der Waals surface area contributed by atoms with Crippen molar-refractivity contribution >= 4 is 0 Å². The van der Waals surface area contributed by atoms with Crippen LogP contribution in [0.3, 0.4) is 0 Å². The van der Waals surface area contributed by atoms with E-state index in [1.54, 1.807) is 7.11 Å². The average Bonchev–Trinajstić information content (AvgIpc) is 2.63. The van der Waals surface area contributed by atoms with E-state index in [-0.39, 0.29) is 6.04 Å². The molecule has 4 heteroatoms. The summed E-state index contributed by atoms with van der Waals surface area (Å²) in [4.78, 5) is 0. The van der Waals surface area contributed by atoms with Gasteiger partial charge in [-0.25, -0.2) is 0 Å². The van der Waals surface area contributed by atoms with Gasteiger partial charge in [-0.05, 0) is 78.8 Å². The molecule has 0 fully saturated rings. The van der Waals surface area contributed by atoms with Gasteiger partial charge in [0.25, 0.3) is 0 Å². The third kappa shape index (κ3) is 2.65. The minimum atomic E-state index is 0.171. The van der Waals surface area contributed by atoms with Crippen molar-refractivity contribution in [2.75, 3.05) is 26.9 Å². The molecule has 2 aliphatic heterocycles. The summed E-state index contributed by atoms with van der Waals surface area (Å²) in [5.74, 6) is 2.70. The topological polar surface area (TPSA) is 39.7 Å². The summed E-state index contributed by atoms with van der Waals surface area (Å²) in [6.45, 7) is 8.69. The van der Waals surface area contributed by atoms with Crippen molar-refractivity contribution in [2.45, 2.75) is 33.2 Å². The maximum Gasteiger partial charge on any atom is 0.161 e. The molecular weight excluding hydrogens is 314 g/mol. The molecule has 0 radical (unpaired) electrons. The zero-order valence-corrected chi connectivity index (χ0v) is 15.4. The van der Waals surface area contributed by atoms with Crippen molar-refractivity contribution < 1.29 is 14.2 Å². The lowest BCUT2D eigenvalue weighted by Crippen LogP contribution is -2.32. The highest BCUT2D eigenvalue weighted by Gasteiger charge is 2.28. The molecule has 25 heavy (non-hydrogen) atoms. The molecule has 0 bridgehead atoms. The van der Waals surface area contributed by atoms with Crippen molar-refractivity contribution in [3.63, 3.8) is 0 Å². The molecule has 0 saturated carbocycles. The molecule has 4 nitrogen and oxygen atoms in total. The third-order valence-electron chi connectivity index (χ3n) is 5.47. The van der Waals surface area contributed by atoms with Crippen LogP contribution in [0.15, 0.2) is 18.2 Å². The van der Waals surface area contributed by atoms with E-state index in [1.807, 2.05) is 0 Å². The number of rotatable bonds is 2. The van der Waals surface area contributed by atoms with E-state index in [4.69, 9.17) is 14.2 Å². The fourth-order valence-electron chi connectivity index (χ4n) is 4.07. The summed E-state index contributed by atoms with van der Waals surface area (Å²) >= 11 is 0. The smallest absolute Gasteiger partial charge is 0.161 e. The lowest BCUT2D eigenvalue weighted by molar-refractivity contribution is 0.171. The first-order chi connectivity index (χ1) is 12.1. The summed E-state index contributed by atoms with van der Waals surface area (Å²) in [5, 5.41) is 3.71. The van der Waals surface area contributed by atoms with Crippen LogP contribution >= 0.6 is 0 Å². The normalized spacial score (nSPS) is 18.6. The van der Waals surface area contributed by atoms with Gasteiger partial charge < -0.3 is 19.5 Å². The molecule has 0 amide bonds. The molecule has 1 unspecified atom stereocenters. The van der Waals surface area contributed by atoms with Crippen molar-refractivity contribution in [1.29, 1.82) is 0 Å². The lowest BCUT2D eigenvalue weighted by atomic mass is 9.84. The van der Waals surface area contributed by atoms with Crippen LogP contribution in [0.4, 0.5) is 0 Å². The van der Waals surface area contributed by atoms with Crippen LogP contribution in [-0.4, -0.2) is 26.9 Å². The Hall–Kier alpha value is -2.20. The van der Waals surface area contributed by atoms with E-state index in [1.165, 1.54) is 33.4 Å². The van der Waals surface area contributed by atoms with Crippen LogP contribution in [-0.2, 0) is 6.42 Å². The highest BCUT2D eigenvalue weighted by atomic mass is 16.6. The second-order valence-electron chi connectivity index (χ2n) is 6.89. The second-order valence-corrected chi connectivity index (χ2v) is 6.89. The maximum absolute atomic E-state index is 5.82. The quantitative estimate of drug-likeness (QED) is 0.907. The molecule has 1 N–H and O–H groups in total. The van der Waals surface area contributed by atoms with Crippen molar-refractivity contribution in [2.24, 2.45) is 0 Å². The minimum Gasteiger partial charge on any atom is -0.496 e. The molecule has 1 atom stereocenters. The predicted octanol–water partition coefficient (Wildman–Crippen LogP) is 3.63. The summed E-state index contributed by atoms with van der Waals surface area (Å²) < 4.78 is 17.1. The number of methoxy groups -OCH3 is 1. The van der Waals surface area contributed by atoms with Crippen LogP contribution in [0.5, 0.6) is 17.2 Å². The average molecular weight is 339 g/mol. The first-order valence-corrected chi connectivity index (χ1v) is 8.90. The van der Waals surface area contributed by atoms with Crippen molar-refractivity contribution in [3.8, 4) is 17.2 Å². The lowest BCUT2D eigenvalue weighted by Gasteiger charge is -2.32. The second kappa shape index (κ2) is 6.26. The van der Waals surface area contributed by atoms with Gasteiger partial charge in [0.15, 0.2) is 11.5 Å². The maximum atomic E-state index is 5.82. The number of fused-ring (bicyclic) bond motifs is 2. The minimum absolute atomic E-state index is 0.171. The molecule has 0 saturated heterocycles. The van der Waals surface area contributed by atoms with Crippen LogP contribution < -0.4 is 19.5 Å². The zero-order valence-electron chi connectivity index (χ0n) is 15.4. The predicted molar refractivity (Wildman–Crippen MR) is 98.2 cm³/mol. The Balaban J connectivity index is 1.86. The van der Waals surface area contributed by atoms with Crippen LogP contribution in [0, 0.1) is 20.8 Å². The van der Waals surface area contributed by atoms with Gasteiger partial charge in [-0.3, -0.25) is 0 Å². The molecule has 0 aliphatic carbocycles. The van der Waals surface area contributed by atoms with Gasteiger partial charge in [0.1, 0.15) is 19.0 Å². The molecular formula is C21H25NO3. The zero-order chi connectivity index (χ0) is 17.6. The number of hydrogen-bond donors (Lipinski definition) is 1. The highest BCUT2D eigenvalue weighted by molar-refractivity contribution is 5.56. The molecule has 4 rings (SSSR count). The third-order valence-corrected chi connectivity index (χ3v) is 5.47. The molecule has 2 aliphatic rings. The van der Waals surface area contributed by atoms with E-state index in [9.17, 15) is 0 Å². The Labute approximate surface area is 149 Å². The molecule has 0 spiro atoms. The molecule has 2 heterocycles. The summed E-state index contributed by atoms with van der Waals surface area (Å²) in [7, 11) is 1.73. The van der Waals surface area contributed by atoms with E-state index in [0.717, 1.165) is 30.2 Å².